The van der Waals surface area contributed by atoms with Crippen LogP contribution in [0.15, 0.2) is 11.6 Å². The van der Waals surface area contributed by atoms with Crippen LogP contribution in [0.2, 0.25) is 0 Å². The molecule has 2 nitrogen and oxygen atoms in total. The van der Waals surface area contributed by atoms with Gasteiger partial charge in [-0.25, -0.2) is 0 Å². The first-order chi connectivity index (χ1) is 15.1. The smallest absolute Gasteiger partial charge is 0.0594 e. The van der Waals surface area contributed by atoms with Gasteiger partial charge in [0, 0.05) is 5.41 Å². The zero-order valence-corrected chi connectivity index (χ0v) is 22.9. The van der Waals surface area contributed by atoms with Crippen LogP contribution in [0.5, 0.6) is 0 Å². The van der Waals surface area contributed by atoms with Crippen molar-refractivity contribution in [2.24, 2.45) is 50.2 Å². The monoisotopic (exact) mass is 456 g/mol. The zero-order valence-electron chi connectivity index (χ0n) is 22.9. The molecular formula is C31H52O2. The third-order valence-electron chi connectivity index (χ3n) is 13.5. The molecule has 0 amide bonds. The van der Waals surface area contributed by atoms with E-state index in [1.165, 1.54) is 57.8 Å². The maximum atomic E-state index is 11.1. The summed E-state index contributed by atoms with van der Waals surface area (Å²) in [4.78, 5) is 0. The number of fused-ring (bicyclic) bond motifs is 7. The van der Waals surface area contributed by atoms with Crippen molar-refractivity contribution in [2.45, 2.75) is 132 Å². The van der Waals surface area contributed by atoms with Crippen molar-refractivity contribution in [1.82, 2.24) is 0 Å². The number of aliphatic hydroxyl groups excluding tert-OH is 2. The van der Waals surface area contributed by atoms with Crippen LogP contribution < -0.4 is 0 Å². The van der Waals surface area contributed by atoms with Crippen LogP contribution in [0.1, 0.15) is 120 Å². The summed E-state index contributed by atoms with van der Waals surface area (Å²) in [6.07, 6.45) is 14.3. The molecule has 0 radical (unpaired) electrons. The van der Waals surface area contributed by atoms with Crippen molar-refractivity contribution in [2.75, 3.05) is 0 Å². The Labute approximate surface area is 204 Å². The molecule has 0 aliphatic heterocycles. The van der Waals surface area contributed by atoms with Gasteiger partial charge in [-0.2, -0.15) is 0 Å². The van der Waals surface area contributed by atoms with Gasteiger partial charge in [0.05, 0.1) is 12.2 Å². The molecule has 5 aliphatic rings. The predicted octanol–water partition coefficient (Wildman–Crippen LogP) is 7.53. The summed E-state index contributed by atoms with van der Waals surface area (Å²) in [5, 5.41) is 22.0. The van der Waals surface area contributed by atoms with Crippen molar-refractivity contribution >= 4 is 0 Å². The van der Waals surface area contributed by atoms with E-state index in [1.807, 2.05) is 0 Å². The van der Waals surface area contributed by atoms with Crippen LogP contribution in [0.4, 0.5) is 0 Å². The van der Waals surface area contributed by atoms with Gasteiger partial charge in [0.1, 0.15) is 0 Å². The first-order valence-electron chi connectivity index (χ1n) is 14.2. The summed E-state index contributed by atoms with van der Waals surface area (Å²) in [5.74, 6) is 1.84. The number of aliphatic hydroxyl groups is 2. The van der Waals surface area contributed by atoms with E-state index in [4.69, 9.17) is 0 Å². The van der Waals surface area contributed by atoms with Gasteiger partial charge < -0.3 is 10.2 Å². The Hall–Kier alpha value is -0.340. The van der Waals surface area contributed by atoms with E-state index in [1.54, 1.807) is 5.57 Å². The SMILES string of the molecule is C[C@@H](O)[C@]12CCC(C)(C)C[C@H]1C1=CCC3[C@@]4(C)CC[C@H](O)C(C)(C)C4CC[C@@]3(C)[C@@]1(C)CC2. The summed E-state index contributed by atoms with van der Waals surface area (Å²) < 4.78 is 0. The molecule has 0 heterocycles. The second-order valence-electron chi connectivity index (χ2n) is 15.5. The molecule has 0 aromatic heterocycles. The van der Waals surface area contributed by atoms with Gasteiger partial charge in [0.2, 0.25) is 0 Å². The highest BCUT2D eigenvalue weighted by molar-refractivity contribution is 5.34. The molecule has 5 aliphatic carbocycles. The molecule has 0 aromatic rings. The van der Waals surface area contributed by atoms with Crippen LogP contribution >= 0.6 is 0 Å². The molecule has 0 bridgehead atoms. The number of allylic oxidation sites excluding steroid dienone is 2. The van der Waals surface area contributed by atoms with Crippen molar-refractivity contribution in [3.8, 4) is 0 Å². The Morgan fingerprint density at radius 2 is 1.52 bits per heavy atom. The second-order valence-corrected chi connectivity index (χ2v) is 15.5. The lowest BCUT2D eigenvalue weighted by molar-refractivity contribution is -0.207. The lowest BCUT2D eigenvalue weighted by atomic mass is 9.33. The van der Waals surface area contributed by atoms with Gasteiger partial charge in [-0.15, -0.1) is 0 Å². The van der Waals surface area contributed by atoms with Crippen molar-refractivity contribution < 1.29 is 10.2 Å². The average molecular weight is 457 g/mol. The van der Waals surface area contributed by atoms with Crippen LogP contribution in [-0.2, 0) is 0 Å². The lowest BCUT2D eigenvalue weighted by Gasteiger charge is -2.71. The van der Waals surface area contributed by atoms with Gasteiger partial charge in [-0.3, -0.25) is 0 Å². The standard InChI is InChI=1S/C31H52O2/c1-20(32)31-17-15-26(2,3)19-22(31)21-9-10-24-28(6)13-12-25(33)27(4,5)23(28)11-14-30(24,8)29(21,7)16-18-31/h9,20,22-25,32-33H,10-19H2,1-8H3/t20-,22+,23?,24?,25+,28+,29+,30-,31-/m1/s1. The molecule has 33 heavy (non-hydrogen) atoms. The summed E-state index contributed by atoms with van der Waals surface area (Å²) in [5.41, 5.74) is 3.06. The Balaban J connectivity index is 1.59. The summed E-state index contributed by atoms with van der Waals surface area (Å²) in [6, 6.07) is 0. The molecule has 9 atom stereocenters. The first-order valence-corrected chi connectivity index (χ1v) is 14.2. The van der Waals surface area contributed by atoms with E-state index >= 15 is 0 Å². The largest absolute Gasteiger partial charge is 0.393 e. The maximum absolute atomic E-state index is 11.1. The minimum atomic E-state index is -0.219. The molecule has 0 spiro atoms. The molecule has 2 heteroatoms. The fraction of sp³-hybridized carbons (Fsp3) is 0.935. The van der Waals surface area contributed by atoms with E-state index in [9.17, 15) is 10.2 Å². The minimum Gasteiger partial charge on any atom is -0.393 e. The number of hydrogen-bond donors (Lipinski definition) is 2. The third-order valence-corrected chi connectivity index (χ3v) is 13.5. The zero-order chi connectivity index (χ0) is 24.2. The normalized spacial score (nSPS) is 53.6. The average Bonchev–Trinajstić information content (AvgIpc) is 2.71. The molecule has 0 aromatic carbocycles. The predicted molar refractivity (Wildman–Crippen MR) is 137 cm³/mol. The Bertz CT molecular complexity index is 838. The highest BCUT2D eigenvalue weighted by atomic mass is 16.3. The molecule has 188 valence electrons. The summed E-state index contributed by atoms with van der Waals surface area (Å²) >= 11 is 0. The highest BCUT2D eigenvalue weighted by Crippen LogP contribution is 2.76. The lowest BCUT2D eigenvalue weighted by Crippen LogP contribution is -2.65. The Morgan fingerprint density at radius 3 is 2.18 bits per heavy atom. The Morgan fingerprint density at radius 1 is 0.848 bits per heavy atom. The fourth-order valence-corrected chi connectivity index (χ4v) is 11.0. The van der Waals surface area contributed by atoms with E-state index in [0.29, 0.717) is 34.0 Å². The maximum Gasteiger partial charge on any atom is 0.0594 e. The van der Waals surface area contributed by atoms with Crippen LogP contribution in [-0.4, -0.2) is 22.4 Å². The minimum absolute atomic E-state index is 0.0145. The fourth-order valence-electron chi connectivity index (χ4n) is 11.0. The van der Waals surface area contributed by atoms with E-state index < -0.39 is 0 Å². The molecule has 2 N–H and O–H groups in total. The second kappa shape index (κ2) is 7.12. The van der Waals surface area contributed by atoms with Crippen LogP contribution in [0.3, 0.4) is 0 Å². The summed E-state index contributed by atoms with van der Waals surface area (Å²) in [7, 11) is 0. The van der Waals surface area contributed by atoms with Crippen molar-refractivity contribution in [3.63, 3.8) is 0 Å². The molecule has 5 rings (SSSR count). The van der Waals surface area contributed by atoms with E-state index in [0.717, 1.165) is 6.42 Å². The van der Waals surface area contributed by atoms with Gasteiger partial charge in [0.15, 0.2) is 0 Å². The van der Waals surface area contributed by atoms with Crippen molar-refractivity contribution in [3.05, 3.63) is 11.6 Å². The number of rotatable bonds is 1. The molecule has 4 saturated carbocycles. The molecule has 4 fully saturated rings. The third kappa shape index (κ3) is 2.98. The first kappa shape index (κ1) is 24.4. The van der Waals surface area contributed by atoms with Gasteiger partial charge in [-0.1, -0.05) is 60.1 Å². The Kier molecular flexibility index (Phi) is 5.25. The van der Waals surface area contributed by atoms with Crippen molar-refractivity contribution in [1.29, 1.82) is 0 Å². The van der Waals surface area contributed by atoms with Gasteiger partial charge >= 0.3 is 0 Å². The van der Waals surface area contributed by atoms with Crippen LogP contribution in [0.25, 0.3) is 0 Å². The molecular weight excluding hydrogens is 404 g/mol. The highest BCUT2D eigenvalue weighted by Gasteiger charge is 2.68. The topological polar surface area (TPSA) is 40.5 Å². The van der Waals surface area contributed by atoms with Gasteiger partial charge in [0.25, 0.3) is 0 Å². The van der Waals surface area contributed by atoms with E-state index in [-0.39, 0.29) is 28.5 Å². The molecule has 2 unspecified atom stereocenters. The number of hydrogen-bond acceptors (Lipinski definition) is 2. The molecule has 0 saturated heterocycles. The van der Waals surface area contributed by atoms with Gasteiger partial charge in [-0.05, 0) is 116 Å². The summed E-state index contributed by atoms with van der Waals surface area (Å²) in [6.45, 7) is 19.6. The van der Waals surface area contributed by atoms with E-state index in [2.05, 4.69) is 61.5 Å². The van der Waals surface area contributed by atoms with Crippen LogP contribution in [0, 0.1) is 50.2 Å². The quantitative estimate of drug-likeness (QED) is 0.400.